The van der Waals surface area contributed by atoms with Gasteiger partial charge in [0.15, 0.2) is 0 Å². The molecular weight excluding hydrogens is 294 g/mol. The summed E-state index contributed by atoms with van der Waals surface area (Å²) < 4.78 is 0. The maximum absolute atomic E-state index is 11.0. The molecule has 2 saturated heterocycles. The molecule has 1 amide bonds. The van der Waals surface area contributed by atoms with Gasteiger partial charge in [0.1, 0.15) is 12.3 Å². The Labute approximate surface area is 130 Å². The zero-order valence-corrected chi connectivity index (χ0v) is 13.3. The molecule has 21 heavy (non-hydrogen) atoms. The number of hydrogen-bond donors (Lipinski definition) is 1. The minimum absolute atomic E-state index is 0.296. The standard InChI is InChI=1S/C14H24ClN3O3/c1-21-16-13(15)11-4-8-17(9-5-11)12-3-2-7-18(10-6-12)14(19)20/h11-12H,2-10H2,1H3,(H,19,20)/b16-13+. The highest BCUT2D eigenvalue weighted by molar-refractivity contribution is 6.65. The molecule has 2 rings (SSSR count). The number of hydrogen-bond acceptors (Lipinski definition) is 4. The largest absolute Gasteiger partial charge is 0.465 e. The highest BCUT2D eigenvalue weighted by Gasteiger charge is 2.29. The zero-order chi connectivity index (χ0) is 15.2. The van der Waals surface area contributed by atoms with Crippen molar-refractivity contribution in [2.75, 3.05) is 33.3 Å². The molecule has 120 valence electrons. The summed E-state index contributed by atoms with van der Waals surface area (Å²) in [5, 5.41) is 13.5. The first-order chi connectivity index (χ1) is 10.1. The fourth-order valence-electron chi connectivity index (χ4n) is 3.30. The SMILES string of the molecule is CO/N=C(/Cl)C1CCN(C2CCCN(C(=O)O)CC2)CC1. The quantitative estimate of drug-likeness (QED) is 0.641. The second kappa shape index (κ2) is 7.84. The van der Waals surface area contributed by atoms with E-state index in [-0.39, 0.29) is 0 Å². The lowest BCUT2D eigenvalue weighted by Gasteiger charge is -2.36. The molecule has 0 aromatic heterocycles. The van der Waals surface area contributed by atoms with Gasteiger partial charge in [-0.25, -0.2) is 4.79 Å². The van der Waals surface area contributed by atoms with E-state index in [0.717, 1.165) is 45.2 Å². The first-order valence-electron chi connectivity index (χ1n) is 7.60. The molecule has 0 aliphatic carbocycles. The first-order valence-corrected chi connectivity index (χ1v) is 7.98. The van der Waals surface area contributed by atoms with Gasteiger partial charge in [0.25, 0.3) is 0 Å². The van der Waals surface area contributed by atoms with Gasteiger partial charge in [-0.05, 0) is 45.2 Å². The average molecular weight is 318 g/mol. The Bertz CT molecular complexity index is 384. The molecule has 1 atom stereocenters. The molecule has 1 unspecified atom stereocenters. The third kappa shape index (κ3) is 4.48. The van der Waals surface area contributed by atoms with E-state index in [4.69, 9.17) is 21.5 Å². The molecule has 0 spiro atoms. The van der Waals surface area contributed by atoms with E-state index in [9.17, 15) is 4.79 Å². The van der Waals surface area contributed by atoms with Crippen LogP contribution >= 0.6 is 11.6 Å². The smallest absolute Gasteiger partial charge is 0.407 e. The molecule has 0 saturated carbocycles. The van der Waals surface area contributed by atoms with Crippen molar-refractivity contribution < 1.29 is 14.7 Å². The fourth-order valence-corrected chi connectivity index (χ4v) is 3.59. The van der Waals surface area contributed by atoms with Gasteiger partial charge in [0.05, 0.1) is 0 Å². The summed E-state index contributed by atoms with van der Waals surface area (Å²) in [6, 6.07) is 0.494. The van der Waals surface area contributed by atoms with Crippen LogP contribution in [-0.2, 0) is 4.84 Å². The van der Waals surface area contributed by atoms with Crippen LogP contribution in [0.4, 0.5) is 4.79 Å². The highest BCUT2D eigenvalue weighted by atomic mass is 35.5. The van der Waals surface area contributed by atoms with Crippen molar-refractivity contribution in [3.05, 3.63) is 0 Å². The number of rotatable bonds is 3. The third-order valence-electron chi connectivity index (χ3n) is 4.53. The number of halogens is 1. The number of piperidine rings is 1. The van der Waals surface area contributed by atoms with Gasteiger partial charge in [-0.15, -0.1) is 0 Å². The Hall–Kier alpha value is -1.01. The lowest BCUT2D eigenvalue weighted by atomic mass is 9.95. The van der Waals surface area contributed by atoms with E-state index >= 15 is 0 Å². The third-order valence-corrected chi connectivity index (χ3v) is 4.91. The predicted molar refractivity (Wildman–Crippen MR) is 81.8 cm³/mol. The normalized spacial score (nSPS) is 26.5. The van der Waals surface area contributed by atoms with Crippen molar-refractivity contribution in [2.24, 2.45) is 11.1 Å². The van der Waals surface area contributed by atoms with Crippen molar-refractivity contribution in [3.8, 4) is 0 Å². The van der Waals surface area contributed by atoms with Gasteiger partial charge in [0, 0.05) is 25.0 Å². The molecule has 6 nitrogen and oxygen atoms in total. The van der Waals surface area contributed by atoms with E-state index in [1.165, 1.54) is 12.0 Å². The van der Waals surface area contributed by atoms with E-state index in [0.29, 0.717) is 30.2 Å². The Kier molecular flexibility index (Phi) is 6.11. The van der Waals surface area contributed by atoms with Gasteiger partial charge in [-0.1, -0.05) is 16.8 Å². The summed E-state index contributed by atoms with van der Waals surface area (Å²) in [5.74, 6) is 0.296. The van der Waals surface area contributed by atoms with Crippen LogP contribution in [0.5, 0.6) is 0 Å². The van der Waals surface area contributed by atoms with E-state index < -0.39 is 6.09 Å². The van der Waals surface area contributed by atoms with Crippen molar-refractivity contribution in [2.45, 2.75) is 38.1 Å². The molecule has 2 heterocycles. The molecule has 0 radical (unpaired) electrons. The second-order valence-electron chi connectivity index (χ2n) is 5.76. The van der Waals surface area contributed by atoms with Gasteiger partial charge < -0.3 is 19.7 Å². The number of nitrogens with zero attached hydrogens (tertiary/aromatic N) is 3. The molecule has 0 bridgehead atoms. The van der Waals surface area contributed by atoms with Crippen LogP contribution < -0.4 is 0 Å². The number of likely N-dealkylation sites (tertiary alicyclic amines) is 2. The Morgan fingerprint density at radius 1 is 1.19 bits per heavy atom. The Balaban J connectivity index is 1.82. The van der Waals surface area contributed by atoms with Crippen LogP contribution in [-0.4, -0.2) is 65.5 Å². The number of oxime groups is 1. The molecule has 0 aromatic carbocycles. The zero-order valence-electron chi connectivity index (χ0n) is 12.5. The van der Waals surface area contributed by atoms with Crippen LogP contribution in [0.2, 0.25) is 0 Å². The molecule has 1 N–H and O–H groups in total. The second-order valence-corrected chi connectivity index (χ2v) is 6.15. The molecule has 2 fully saturated rings. The molecule has 0 aromatic rings. The summed E-state index contributed by atoms with van der Waals surface area (Å²) in [6.07, 6.45) is 4.14. The lowest BCUT2D eigenvalue weighted by Crippen LogP contribution is -2.43. The topological polar surface area (TPSA) is 65.4 Å². The minimum Gasteiger partial charge on any atom is -0.465 e. The van der Waals surface area contributed by atoms with Crippen LogP contribution in [0.15, 0.2) is 5.16 Å². The minimum atomic E-state index is -0.795. The summed E-state index contributed by atoms with van der Waals surface area (Å²) in [6.45, 7) is 3.30. The van der Waals surface area contributed by atoms with Crippen LogP contribution in [0.1, 0.15) is 32.1 Å². The maximum Gasteiger partial charge on any atom is 0.407 e. The summed E-state index contributed by atoms with van der Waals surface area (Å²) in [5.41, 5.74) is 0. The molecule has 2 aliphatic rings. The predicted octanol–water partition coefficient (Wildman–Crippen LogP) is 2.43. The van der Waals surface area contributed by atoms with Crippen LogP contribution in [0.25, 0.3) is 0 Å². The Morgan fingerprint density at radius 3 is 2.52 bits per heavy atom. The molecule has 7 heteroatoms. The monoisotopic (exact) mass is 317 g/mol. The summed E-state index contributed by atoms with van der Waals surface area (Å²) >= 11 is 6.11. The average Bonchev–Trinajstić information content (AvgIpc) is 2.73. The van der Waals surface area contributed by atoms with Crippen molar-refractivity contribution in [3.63, 3.8) is 0 Å². The van der Waals surface area contributed by atoms with Crippen LogP contribution in [0.3, 0.4) is 0 Å². The van der Waals surface area contributed by atoms with Crippen molar-refractivity contribution in [1.29, 1.82) is 0 Å². The van der Waals surface area contributed by atoms with E-state index in [1.54, 1.807) is 0 Å². The number of carboxylic acid groups (broad SMARTS) is 1. The van der Waals surface area contributed by atoms with Gasteiger partial charge in [-0.2, -0.15) is 0 Å². The number of carbonyl (C=O) groups is 1. The number of amides is 1. The van der Waals surface area contributed by atoms with E-state index in [2.05, 4.69) is 10.1 Å². The highest BCUT2D eigenvalue weighted by Crippen LogP contribution is 2.25. The van der Waals surface area contributed by atoms with Crippen LogP contribution in [0, 0.1) is 5.92 Å². The van der Waals surface area contributed by atoms with Gasteiger partial charge >= 0.3 is 6.09 Å². The molecule has 2 aliphatic heterocycles. The van der Waals surface area contributed by atoms with Crippen molar-refractivity contribution >= 4 is 22.9 Å². The van der Waals surface area contributed by atoms with Crippen molar-refractivity contribution in [1.82, 2.24) is 9.80 Å². The van der Waals surface area contributed by atoms with Gasteiger partial charge in [-0.3, -0.25) is 0 Å². The first kappa shape index (κ1) is 16.4. The lowest BCUT2D eigenvalue weighted by molar-refractivity contribution is 0.129. The van der Waals surface area contributed by atoms with Gasteiger partial charge in [0.2, 0.25) is 0 Å². The van der Waals surface area contributed by atoms with E-state index in [1.807, 2.05) is 0 Å². The Morgan fingerprint density at radius 2 is 1.90 bits per heavy atom. The summed E-state index contributed by atoms with van der Waals surface area (Å²) in [7, 11) is 1.51. The maximum atomic E-state index is 11.0. The summed E-state index contributed by atoms with van der Waals surface area (Å²) in [4.78, 5) is 19.8. The molecular formula is C14H24ClN3O3. The fraction of sp³-hybridized carbons (Fsp3) is 0.857.